The van der Waals surface area contributed by atoms with Crippen molar-refractivity contribution in [2.75, 3.05) is 0 Å². The second-order valence-electron chi connectivity index (χ2n) is 5.49. The number of carboxylic acids is 1. The number of halogens is 2. The summed E-state index contributed by atoms with van der Waals surface area (Å²) in [6.07, 6.45) is 1.71. The standard InChI is InChI=1S/C14H13Cl2NO3/c15-7-1-2-8(11(16)5-7)9-6-10(9)12(18)17-14(3-4-14)13(19)20/h1-2,5,9-10H,3-4,6H2,(H,17,18)(H,19,20)/t9-,10+/m0/s1. The number of nitrogens with one attached hydrogen (secondary N) is 1. The molecule has 2 aliphatic rings. The zero-order chi connectivity index (χ0) is 14.5. The lowest BCUT2D eigenvalue weighted by Gasteiger charge is -2.12. The minimum absolute atomic E-state index is 0.0596. The highest BCUT2D eigenvalue weighted by Crippen LogP contribution is 2.50. The monoisotopic (exact) mass is 313 g/mol. The van der Waals surface area contributed by atoms with Crippen LogP contribution in [0.15, 0.2) is 18.2 Å². The molecule has 2 atom stereocenters. The zero-order valence-electron chi connectivity index (χ0n) is 10.5. The third-order valence-corrected chi connectivity index (χ3v) is 4.57. The molecule has 1 amide bonds. The van der Waals surface area contributed by atoms with E-state index >= 15 is 0 Å². The predicted molar refractivity (Wildman–Crippen MR) is 75.1 cm³/mol. The van der Waals surface area contributed by atoms with Crippen LogP contribution >= 0.6 is 23.2 Å². The first-order valence-corrected chi connectivity index (χ1v) is 7.19. The lowest BCUT2D eigenvalue weighted by Crippen LogP contribution is -2.43. The summed E-state index contributed by atoms with van der Waals surface area (Å²) in [6, 6.07) is 5.23. The molecule has 1 aromatic rings. The number of hydrogen-bond acceptors (Lipinski definition) is 2. The molecule has 0 heterocycles. The molecular formula is C14H13Cl2NO3. The van der Waals surface area contributed by atoms with E-state index in [1.165, 1.54) is 0 Å². The van der Waals surface area contributed by atoms with E-state index in [2.05, 4.69) is 5.32 Å². The van der Waals surface area contributed by atoms with Crippen LogP contribution in [-0.4, -0.2) is 22.5 Å². The van der Waals surface area contributed by atoms with E-state index in [9.17, 15) is 9.59 Å². The number of aliphatic carboxylic acids is 1. The summed E-state index contributed by atoms with van der Waals surface area (Å²) in [5.74, 6) is -1.27. The number of carboxylic acid groups (broad SMARTS) is 1. The molecule has 0 saturated heterocycles. The number of rotatable bonds is 4. The van der Waals surface area contributed by atoms with Crippen molar-refractivity contribution < 1.29 is 14.7 Å². The Bertz CT molecular complexity index is 598. The van der Waals surface area contributed by atoms with Crippen LogP contribution in [0.3, 0.4) is 0 Å². The fourth-order valence-electron chi connectivity index (χ4n) is 2.48. The quantitative estimate of drug-likeness (QED) is 0.898. The Kier molecular flexibility index (Phi) is 3.18. The molecule has 0 aromatic heterocycles. The Morgan fingerprint density at radius 1 is 1.30 bits per heavy atom. The summed E-state index contributed by atoms with van der Waals surface area (Å²) in [6.45, 7) is 0. The zero-order valence-corrected chi connectivity index (χ0v) is 12.0. The van der Waals surface area contributed by atoms with E-state index < -0.39 is 11.5 Å². The van der Waals surface area contributed by atoms with Gasteiger partial charge < -0.3 is 10.4 Å². The third-order valence-electron chi connectivity index (χ3n) is 4.01. The average molecular weight is 314 g/mol. The molecule has 6 heteroatoms. The third kappa shape index (κ3) is 2.38. The summed E-state index contributed by atoms with van der Waals surface area (Å²) in [5, 5.41) is 12.8. The van der Waals surface area contributed by atoms with Gasteiger partial charge in [0.25, 0.3) is 0 Å². The summed E-state index contributed by atoms with van der Waals surface area (Å²) in [4.78, 5) is 23.1. The van der Waals surface area contributed by atoms with Gasteiger partial charge in [0.1, 0.15) is 5.54 Å². The second kappa shape index (κ2) is 4.64. The molecule has 0 bridgehead atoms. The molecule has 4 nitrogen and oxygen atoms in total. The van der Waals surface area contributed by atoms with E-state index in [4.69, 9.17) is 28.3 Å². The maximum atomic E-state index is 12.1. The molecule has 1 aromatic carbocycles. The highest BCUT2D eigenvalue weighted by molar-refractivity contribution is 6.35. The average Bonchev–Trinajstić information content (AvgIpc) is 3.22. The Labute approximate surface area is 126 Å². The lowest BCUT2D eigenvalue weighted by atomic mass is 10.1. The van der Waals surface area contributed by atoms with Crippen LogP contribution in [0, 0.1) is 5.92 Å². The van der Waals surface area contributed by atoms with Gasteiger partial charge in [-0.1, -0.05) is 29.3 Å². The molecule has 2 fully saturated rings. The van der Waals surface area contributed by atoms with Gasteiger partial charge in [0, 0.05) is 16.0 Å². The van der Waals surface area contributed by atoms with Crippen molar-refractivity contribution in [3.8, 4) is 0 Å². The fraction of sp³-hybridized carbons (Fsp3) is 0.429. The van der Waals surface area contributed by atoms with E-state index in [-0.39, 0.29) is 17.7 Å². The van der Waals surface area contributed by atoms with Crippen molar-refractivity contribution in [2.24, 2.45) is 5.92 Å². The Balaban J connectivity index is 1.67. The molecule has 0 unspecified atom stereocenters. The van der Waals surface area contributed by atoms with Crippen molar-refractivity contribution in [3.63, 3.8) is 0 Å². The maximum absolute atomic E-state index is 12.1. The molecule has 20 heavy (non-hydrogen) atoms. The normalized spacial score (nSPS) is 25.9. The van der Waals surface area contributed by atoms with E-state index in [1.54, 1.807) is 12.1 Å². The summed E-state index contributed by atoms with van der Waals surface area (Å²) in [5.41, 5.74) is -0.120. The molecule has 0 aliphatic heterocycles. The van der Waals surface area contributed by atoms with E-state index in [0.29, 0.717) is 29.3 Å². The molecular weight excluding hydrogens is 301 g/mol. The number of carbonyl (C=O) groups excluding carboxylic acids is 1. The first-order chi connectivity index (χ1) is 9.43. The summed E-state index contributed by atoms with van der Waals surface area (Å²) in [7, 11) is 0. The van der Waals surface area contributed by atoms with Gasteiger partial charge in [-0.2, -0.15) is 0 Å². The first-order valence-electron chi connectivity index (χ1n) is 6.43. The van der Waals surface area contributed by atoms with Gasteiger partial charge in [-0.25, -0.2) is 4.79 Å². The largest absolute Gasteiger partial charge is 0.480 e. The second-order valence-corrected chi connectivity index (χ2v) is 6.33. The Morgan fingerprint density at radius 3 is 2.55 bits per heavy atom. The van der Waals surface area contributed by atoms with Crippen LogP contribution in [0.1, 0.15) is 30.7 Å². The van der Waals surface area contributed by atoms with Crippen molar-refractivity contribution in [3.05, 3.63) is 33.8 Å². The van der Waals surface area contributed by atoms with Crippen molar-refractivity contribution in [1.82, 2.24) is 5.32 Å². The highest BCUT2D eigenvalue weighted by Gasteiger charge is 2.55. The van der Waals surface area contributed by atoms with Gasteiger partial charge >= 0.3 is 5.97 Å². The van der Waals surface area contributed by atoms with E-state index in [0.717, 1.165) is 5.56 Å². The van der Waals surface area contributed by atoms with E-state index in [1.807, 2.05) is 6.07 Å². The van der Waals surface area contributed by atoms with Crippen LogP contribution < -0.4 is 5.32 Å². The maximum Gasteiger partial charge on any atom is 0.329 e. The number of benzene rings is 1. The molecule has 2 N–H and O–H groups in total. The Hall–Kier alpha value is -1.26. The topological polar surface area (TPSA) is 66.4 Å². The summed E-state index contributed by atoms with van der Waals surface area (Å²) < 4.78 is 0. The first kappa shape index (κ1) is 13.7. The smallest absolute Gasteiger partial charge is 0.329 e. The van der Waals surface area contributed by atoms with Gasteiger partial charge in [-0.05, 0) is 42.9 Å². The minimum Gasteiger partial charge on any atom is -0.480 e. The Morgan fingerprint density at radius 2 is 2.00 bits per heavy atom. The van der Waals surface area contributed by atoms with Gasteiger partial charge in [-0.15, -0.1) is 0 Å². The van der Waals surface area contributed by atoms with Crippen LogP contribution in [0.5, 0.6) is 0 Å². The van der Waals surface area contributed by atoms with Crippen LogP contribution in [-0.2, 0) is 9.59 Å². The van der Waals surface area contributed by atoms with Crippen LogP contribution in [0.4, 0.5) is 0 Å². The van der Waals surface area contributed by atoms with Crippen LogP contribution in [0.25, 0.3) is 0 Å². The number of carbonyl (C=O) groups is 2. The van der Waals surface area contributed by atoms with Crippen LogP contribution in [0.2, 0.25) is 10.0 Å². The lowest BCUT2D eigenvalue weighted by molar-refractivity contribution is -0.143. The molecule has 2 aliphatic carbocycles. The van der Waals surface area contributed by atoms with Gasteiger partial charge in [0.15, 0.2) is 0 Å². The van der Waals surface area contributed by atoms with Crippen molar-refractivity contribution in [1.29, 1.82) is 0 Å². The SMILES string of the molecule is O=C(NC1(C(=O)O)CC1)[C@@H]1C[C@H]1c1ccc(Cl)cc1Cl. The van der Waals surface area contributed by atoms with Gasteiger partial charge in [0.2, 0.25) is 5.91 Å². The summed E-state index contributed by atoms with van der Waals surface area (Å²) >= 11 is 12.0. The van der Waals surface area contributed by atoms with Gasteiger partial charge in [0.05, 0.1) is 0 Å². The number of hydrogen-bond donors (Lipinski definition) is 2. The van der Waals surface area contributed by atoms with Gasteiger partial charge in [-0.3, -0.25) is 4.79 Å². The molecule has 0 spiro atoms. The van der Waals surface area contributed by atoms with Crippen molar-refractivity contribution in [2.45, 2.75) is 30.7 Å². The minimum atomic E-state index is -1.02. The highest BCUT2D eigenvalue weighted by atomic mass is 35.5. The van der Waals surface area contributed by atoms with Crippen molar-refractivity contribution >= 4 is 35.1 Å². The number of amides is 1. The molecule has 106 valence electrons. The molecule has 3 rings (SSSR count). The molecule has 2 saturated carbocycles. The molecule has 0 radical (unpaired) electrons. The fourth-order valence-corrected chi connectivity index (χ4v) is 3.03. The predicted octanol–water partition coefficient (Wildman–Crippen LogP) is 2.83.